The zero-order chi connectivity index (χ0) is 15.4. The summed E-state index contributed by atoms with van der Waals surface area (Å²) >= 11 is 5.97. The maximum atomic E-state index is 13.0. The molecule has 0 spiro atoms. The van der Waals surface area contributed by atoms with Gasteiger partial charge in [0.15, 0.2) is 0 Å². The maximum Gasteiger partial charge on any atom is 0.307 e. The van der Waals surface area contributed by atoms with Crippen LogP contribution in [0.1, 0.15) is 16.7 Å². The van der Waals surface area contributed by atoms with Gasteiger partial charge in [-0.25, -0.2) is 4.39 Å². The third-order valence-electron chi connectivity index (χ3n) is 3.43. The van der Waals surface area contributed by atoms with Crippen LogP contribution in [0.25, 0.3) is 0 Å². The van der Waals surface area contributed by atoms with Gasteiger partial charge in [0.25, 0.3) is 0 Å². The highest BCUT2D eigenvalue weighted by molar-refractivity contribution is 6.31. The van der Waals surface area contributed by atoms with Crippen molar-refractivity contribution in [3.63, 3.8) is 0 Å². The fourth-order valence-corrected chi connectivity index (χ4v) is 2.45. The Kier molecular flexibility index (Phi) is 4.97. The summed E-state index contributed by atoms with van der Waals surface area (Å²) in [5.74, 6) is -1.89. The van der Waals surface area contributed by atoms with Crippen LogP contribution >= 0.6 is 11.6 Å². The Labute approximate surface area is 128 Å². The van der Waals surface area contributed by atoms with E-state index in [0.717, 1.165) is 11.1 Å². The average molecular weight is 307 g/mol. The third kappa shape index (κ3) is 4.30. The molecular formula is C17H16ClFO2. The van der Waals surface area contributed by atoms with Crippen molar-refractivity contribution in [1.29, 1.82) is 0 Å². The topological polar surface area (TPSA) is 37.3 Å². The summed E-state index contributed by atoms with van der Waals surface area (Å²) in [7, 11) is 0. The van der Waals surface area contributed by atoms with Gasteiger partial charge in [-0.2, -0.15) is 0 Å². The van der Waals surface area contributed by atoms with Crippen molar-refractivity contribution in [2.24, 2.45) is 5.92 Å². The van der Waals surface area contributed by atoms with E-state index >= 15 is 0 Å². The summed E-state index contributed by atoms with van der Waals surface area (Å²) in [6, 6.07) is 11.8. The first kappa shape index (κ1) is 15.5. The molecule has 4 heteroatoms. The van der Waals surface area contributed by atoms with Gasteiger partial charge in [-0.05, 0) is 43.0 Å². The predicted octanol–water partition coefficient (Wildman–Crippen LogP) is 4.27. The lowest BCUT2D eigenvalue weighted by molar-refractivity contribution is -0.141. The molecule has 0 heterocycles. The Bertz CT molecular complexity index is 638. The number of hydrogen-bond acceptors (Lipinski definition) is 1. The van der Waals surface area contributed by atoms with E-state index in [0.29, 0.717) is 12.0 Å². The number of halogens is 2. The lowest BCUT2D eigenvalue weighted by Crippen LogP contribution is -2.19. The Balaban J connectivity index is 2.15. The molecule has 21 heavy (non-hydrogen) atoms. The summed E-state index contributed by atoms with van der Waals surface area (Å²) in [4.78, 5) is 11.4. The number of carbonyl (C=O) groups is 1. The first-order valence-corrected chi connectivity index (χ1v) is 7.06. The van der Waals surface area contributed by atoms with E-state index in [9.17, 15) is 14.3 Å². The van der Waals surface area contributed by atoms with Crippen LogP contribution in [0.15, 0.2) is 42.5 Å². The fraction of sp³-hybridized carbons (Fsp3) is 0.235. The van der Waals surface area contributed by atoms with Crippen LogP contribution in [0.2, 0.25) is 5.02 Å². The SMILES string of the molecule is Cc1ccc(CC(Cc2ccc(F)cc2Cl)C(=O)O)cc1. The Morgan fingerprint density at radius 1 is 1.19 bits per heavy atom. The van der Waals surface area contributed by atoms with Crippen molar-refractivity contribution in [3.05, 3.63) is 70.0 Å². The van der Waals surface area contributed by atoms with Crippen molar-refractivity contribution < 1.29 is 14.3 Å². The molecule has 0 aromatic heterocycles. The van der Waals surface area contributed by atoms with Crippen LogP contribution in [-0.2, 0) is 17.6 Å². The van der Waals surface area contributed by atoms with Gasteiger partial charge in [0, 0.05) is 5.02 Å². The second-order valence-corrected chi connectivity index (χ2v) is 5.57. The zero-order valence-corrected chi connectivity index (χ0v) is 12.4. The second-order valence-electron chi connectivity index (χ2n) is 5.16. The van der Waals surface area contributed by atoms with Gasteiger partial charge in [-0.15, -0.1) is 0 Å². The van der Waals surface area contributed by atoms with E-state index < -0.39 is 17.7 Å². The minimum absolute atomic E-state index is 0.269. The maximum absolute atomic E-state index is 13.0. The van der Waals surface area contributed by atoms with Crippen molar-refractivity contribution in [1.82, 2.24) is 0 Å². The molecule has 0 amide bonds. The molecule has 0 radical (unpaired) electrons. The number of hydrogen-bond donors (Lipinski definition) is 1. The van der Waals surface area contributed by atoms with Crippen molar-refractivity contribution >= 4 is 17.6 Å². The standard InChI is InChI=1S/C17H16ClFO2/c1-11-2-4-12(5-3-11)8-14(17(20)21)9-13-6-7-15(19)10-16(13)18/h2-7,10,14H,8-9H2,1H3,(H,20,21). The van der Waals surface area contributed by atoms with Crippen LogP contribution in [0.3, 0.4) is 0 Å². The summed E-state index contributed by atoms with van der Waals surface area (Å²) in [5, 5.41) is 9.65. The smallest absolute Gasteiger partial charge is 0.307 e. The highest BCUT2D eigenvalue weighted by atomic mass is 35.5. The fourth-order valence-electron chi connectivity index (χ4n) is 2.21. The molecule has 0 aliphatic heterocycles. The number of aryl methyl sites for hydroxylation is 1. The molecule has 0 aliphatic rings. The second kappa shape index (κ2) is 6.72. The molecular weight excluding hydrogens is 291 g/mol. The summed E-state index contributed by atoms with van der Waals surface area (Å²) in [5.41, 5.74) is 2.75. The molecule has 1 N–H and O–H groups in total. The number of carboxylic acids is 1. The molecule has 0 bridgehead atoms. The van der Waals surface area contributed by atoms with Crippen LogP contribution in [-0.4, -0.2) is 11.1 Å². The number of aliphatic carboxylic acids is 1. The van der Waals surface area contributed by atoms with Crippen LogP contribution in [0, 0.1) is 18.7 Å². The normalized spacial score (nSPS) is 12.1. The molecule has 2 aromatic rings. The van der Waals surface area contributed by atoms with Gasteiger partial charge in [0.2, 0.25) is 0 Å². The predicted molar refractivity (Wildman–Crippen MR) is 81.1 cm³/mol. The van der Waals surface area contributed by atoms with Crippen LogP contribution < -0.4 is 0 Å². The summed E-state index contributed by atoms with van der Waals surface area (Å²) in [6.45, 7) is 1.98. The molecule has 0 saturated carbocycles. The molecule has 0 fully saturated rings. The van der Waals surface area contributed by atoms with Gasteiger partial charge >= 0.3 is 5.97 Å². The molecule has 2 rings (SSSR count). The highest BCUT2D eigenvalue weighted by Gasteiger charge is 2.20. The van der Waals surface area contributed by atoms with Crippen molar-refractivity contribution in [2.75, 3.05) is 0 Å². The summed E-state index contributed by atoms with van der Waals surface area (Å²) < 4.78 is 13.0. The quantitative estimate of drug-likeness (QED) is 0.895. The largest absolute Gasteiger partial charge is 0.481 e. The van der Waals surface area contributed by atoms with Crippen LogP contribution in [0.5, 0.6) is 0 Å². The number of benzene rings is 2. The number of rotatable bonds is 5. The van der Waals surface area contributed by atoms with E-state index in [1.54, 1.807) is 6.07 Å². The minimum atomic E-state index is -0.879. The first-order chi connectivity index (χ1) is 9.95. The van der Waals surface area contributed by atoms with Crippen molar-refractivity contribution in [3.8, 4) is 0 Å². The average Bonchev–Trinajstić information content (AvgIpc) is 2.43. The van der Waals surface area contributed by atoms with Gasteiger partial charge in [0.05, 0.1) is 5.92 Å². The van der Waals surface area contributed by atoms with Crippen LogP contribution in [0.4, 0.5) is 4.39 Å². The van der Waals surface area contributed by atoms with E-state index in [1.807, 2.05) is 31.2 Å². The summed E-state index contributed by atoms with van der Waals surface area (Å²) in [6.07, 6.45) is 0.700. The lowest BCUT2D eigenvalue weighted by Gasteiger charge is -2.14. The highest BCUT2D eigenvalue weighted by Crippen LogP contribution is 2.23. The van der Waals surface area contributed by atoms with Gasteiger partial charge in [-0.3, -0.25) is 4.79 Å². The Hall–Kier alpha value is -1.87. The molecule has 0 aliphatic carbocycles. The van der Waals surface area contributed by atoms with E-state index in [2.05, 4.69) is 0 Å². The third-order valence-corrected chi connectivity index (χ3v) is 3.79. The monoisotopic (exact) mass is 306 g/mol. The van der Waals surface area contributed by atoms with E-state index in [1.165, 1.54) is 12.1 Å². The molecule has 0 saturated heterocycles. The van der Waals surface area contributed by atoms with E-state index in [4.69, 9.17) is 11.6 Å². The molecule has 2 aromatic carbocycles. The van der Waals surface area contributed by atoms with Gasteiger partial charge in [0.1, 0.15) is 5.82 Å². The zero-order valence-electron chi connectivity index (χ0n) is 11.6. The lowest BCUT2D eigenvalue weighted by atomic mass is 9.92. The molecule has 1 unspecified atom stereocenters. The number of carboxylic acid groups (broad SMARTS) is 1. The first-order valence-electron chi connectivity index (χ1n) is 6.68. The molecule has 1 atom stereocenters. The Morgan fingerprint density at radius 2 is 1.86 bits per heavy atom. The minimum Gasteiger partial charge on any atom is -0.481 e. The van der Waals surface area contributed by atoms with Crippen molar-refractivity contribution in [2.45, 2.75) is 19.8 Å². The molecule has 2 nitrogen and oxygen atoms in total. The molecule has 110 valence electrons. The van der Waals surface area contributed by atoms with Gasteiger partial charge < -0.3 is 5.11 Å². The van der Waals surface area contributed by atoms with Gasteiger partial charge in [-0.1, -0.05) is 47.5 Å². The van der Waals surface area contributed by atoms with E-state index in [-0.39, 0.29) is 11.4 Å². The Morgan fingerprint density at radius 3 is 2.43 bits per heavy atom.